The van der Waals surface area contributed by atoms with Gasteiger partial charge in [0.1, 0.15) is 22.3 Å². The topological polar surface area (TPSA) is 50.1 Å². The van der Waals surface area contributed by atoms with Gasteiger partial charge < -0.3 is 8.83 Å². The number of aryl methyl sites for hydroxylation is 1. The van der Waals surface area contributed by atoms with Crippen molar-refractivity contribution in [3.63, 3.8) is 0 Å². The highest BCUT2D eigenvalue weighted by Crippen LogP contribution is 2.39. The van der Waals surface area contributed by atoms with Gasteiger partial charge in [0.2, 0.25) is 0 Å². The fourth-order valence-corrected chi connectivity index (χ4v) is 6.96. The number of fused-ring (bicyclic) bond motifs is 6. The van der Waals surface area contributed by atoms with Crippen LogP contribution >= 0.6 is 0 Å². The van der Waals surface area contributed by atoms with Gasteiger partial charge in [-0.3, -0.25) is 0 Å². The Hall–Kier alpha value is -6.37. The van der Waals surface area contributed by atoms with E-state index in [1.54, 1.807) is 0 Å². The molecule has 9 aromatic rings. The van der Waals surface area contributed by atoms with Crippen molar-refractivity contribution < 1.29 is 8.83 Å². The standard InChI is InChI=1S/C44H27NO2/c1-27-22-31(36-11-7-13-40-38-9-3-5-15-42(38)47-44(36)40)20-21-34(27)33-24-28(26-45)23-32(25-33)29-16-18-30(19-17-29)35-10-6-12-39-37-8-2-4-14-41(37)46-43(35)39/h2-25H,1H3. The second kappa shape index (κ2) is 10.6. The van der Waals surface area contributed by atoms with Gasteiger partial charge in [-0.05, 0) is 76.2 Å². The van der Waals surface area contributed by atoms with Crippen LogP contribution in [0.4, 0.5) is 0 Å². The molecule has 0 amide bonds. The van der Waals surface area contributed by atoms with Gasteiger partial charge in [0.25, 0.3) is 0 Å². The van der Waals surface area contributed by atoms with Crippen LogP contribution < -0.4 is 0 Å². The molecule has 9 rings (SSSR count). The van der Waals surface area contributed by atoms with Crippen LogP contribution in [0.3, 0.4) is 0 Å². The van der Waals surface area contributed by atoms with E-state index < -0.39 is 0 Å². The van der Waals surface area contributed by atoms with Crippen molar-refractivity contribution in [2.75, 3.05) is 0 Å². The number of nitriles is 1. The Balaban J connectivity index is 1.08. The van der Waals surface area contributed by atoms with Gasteiger partial charge in [0.05, 0.1) is 11.6 Å². The van der Waals surface area contributed by atoms with Crippen molar-refractivity contribution >= 4 is 43.9 Å². The third kappa shape index (κ3) is 4.42. The third-order valence-electron chi connectivity index (χ3n) is 9.25. The van der Waals surface area contributed by atoms with Gasteiger partial charge in [-0.15, -0.1) is 0 Å². The number of para-hydroxylation sites is 4. The SMILES string of the molecule is Cc1cc(-c2cccc3c2oc2ccccc23)ccc1-c1cc(C#N)cc(-c2ccc(-c3cccc4c3oc3ccccc34)cc2)c1. The Morgan fingerprint density at radius 1 is 0.426 bits per heavy atom. The molecule has 3 heteroatoms. The summed E-state index contributed by atoms with van der Waals surface area (Å²) in [5, 5.41) is 14.5. The van der Waals surface area contributed by atoms with Crippen LogP contribution in [0.5, 0.6) is 0 Å². The minimum atomic E-state index is 0.629. The van der Waals surface area contributed by atoms with Gasteiger partial charge in [-0.1, -0.05) is 115 Å². The second-order valence-electron chi connectivity index (χ2n) is 12.1. The lowest BCUT2D eigenvalue weighted by molar-refractivity contribution is 0.669. The number of rotatable bonds is 4. The highest BCUT2D eigenvalue weighted by molar-refractivity contribution is 6.10. The minimum absolute atomic E-state index is 0.629. The number of hydrogen-bond acceptors (Lipinski definition) is 3. The normalized spacial score (nSPS) is 11.5. The summed E-state index contributed by atoms with van der Waals surface area (Å²) in [7, 11) is 0. The molecule has 0 saturated carbocycles. The summed E-state index contributed by atoms with van der Waals surface area (Å²) < 4.78 is 12.6. The first-order valence-electron chi connectivity index (χ1n) is 15.7. The van der Waals surface area contributed by atoms with Crippen molar-refractivity contribution in [2.45, 2.75) is 6.92 Å². The van der Waals surface area contributed by atoms with Crippen LogP contribution in [0.25, 0.3) is 88.4 Å². The van der Waals surface area contributed by atoms with Gasteiger partial charge in [0.15, 0.2) is 0 Å². The third-order valence-corrected chi connectivity index (χ3v) is 9.25. The summed E-state index contributed by atoms with van der Waals surface area (Å²) in [6.07, 6.45) is 0. The highest BCUT2D eigenvalue weighted by atomic mass is 16.3. The average molecular weight is 602 g/mol. The molecular formula is C44H27NO2. The summed E-state index contributed by atoms with van der Waals surface area (Å²) in [6, 6.07) is 52.5. The zero-order valence-electron chi connectivity index (χ0n) is 25.6. The molecule has 0 N–H and O–H groups in total. The molecule has 0 aliphatic heterocycles. The van der Waals surface area contributed by atoms with Crippen LogP contribution in [-0.4, -0.2) is 0 Å². The molecule has 47 heavy (non-hydrogen) atoms. The molecule has 0 radical (unpaired) electrons. The molecular weight excluding hydrogens is 574 g/mol. The summed E-state index contributed by atoms with van der Waals surface area (Å²) in [6.45, 7) is 2.13. The monoisotopic (exact) mass is 601 g/mol. The molecule has 220 valence electrons. The van der Waals surface area contributed by atoms with E-state index in [-0.39, 0.29) is 0 Å². The van der Waals surface area contributed by atoms with Crippen LogP contribution in [0.1, 0.15) is 11.1 Å². The Labute approximate surface area is 271 Å². The summed E-state index contributed by atoms with van der Waals surface area (Å²) in [5.74, 6) is 0. The van der Waals surface area contributed by atoms with Gasteiger partial charge in [-0.2, -0.15) is 5.26 Å². The minimum Gasteiger partial charge on any atom is -0.455 e. The molecule has 0 aliphatic carbocycles. The Morgan fingerprint density at radius 2 is 0.957 bits per heavy atom. The molecule has 0 bridgehead atoms. The van der Waals surface area contributed by atoms with Crippen LogP contribution in [0, 0.1) is 18.3 Å². The van der Waals surface area contributed by atoms with Crippen LogP contribution in [-0.2, 0) is 0 Å². The Kier molecular flexibility index (Phi) is 6.10. The lowest BCUT2D eigenvalue weighted by Crippen LogP contribution is -1.89. The number of nitrogens with zero attached hydrogens (tertiary/aromatic N) is 1. The maximum atomic E-state index is 9.99. The first-order valence-corrected chi connectivity index (χ1v) is 15.7. The molecule has 0 aliphatic rings. The van der Waals surface area contributed by atoms with Crippen LogP contribution in [0.15, 0.2) is 154 Å². The Morgan fingerprint density at radius 3 is 1.57 bits per heavy atom. The number of benzene rings is 7. The summed E-state index contributed by atoms with van der Waals surface area (Å²) in [5.41, 5.74) is 13.8. The fourth-order valence-electron chi connectivity index (χ4n) is 6.96. The molecule has 7 aromatic carbocycles. The van der Waals surface area contributed by atoms with Gasteiger partial charge in [0, 0.05) is 32.7 Å². The molecule has 2 aromatic heterocycles. The number of hydrogen-bond donors (Lipinski definition) is 0. The van der Waals surface area contributed by atoms with Crippen LogP contribution in [0.2, 0.25) is 0 Å². The zero-order chi connectivity index (χ0) is 31.5. The molecule has 0 unspecified atom stereocenters. The molecule has 3 nitrogen and oxygen atoms in total. The second-order valence-corrected chi connectivity index (χ2v) is 12.1. The van der Waals surface area contributed by atoms with Crippen molar-refractivity contribution in [2.24, 2.45) is 0 Å². The quantitative estimate of drug-likeness (QED) is 0.202. The van der Waals surface area contributed by atoms with E-state index in [0.29, 0.717) is 5.56 Å². The maximum absolute atomic E-state index is 9.99. The fraction of sp³-hybridized carbons (Fsp3) is 0.0227. The van der Waals surface area contributed by atoms with E-state index in [4.69, 9.17) is 8.83 Å². The van der Waals surface area contributed by atoms with E-state index in [1.807, 2.05) is 48.5 Å². The van der Waals surface area contributed by atoms with E-state index >= 15 is 0 Å². The summed E-state index contributed by atoms with van der Waals surface area (Å²) >= 11 is 0. The van der Waals surface area contributed by atoms with Crippen molar-refractivity contribution in [1.82, 2.24) is 0 Å². The van der Waals surface area contributed by atoms with Gasteiger partial charge >= 0.3 is 0 Å². The number of furan rings is 2. The smallest absolute Gasteiger partial charge is 0.143 e. The Bertz CT molecular complexity index is 2700. The van der Waals surface area contributed by atoms with E-state index in [9.17, 15) is 5.26 Å². The molecule has 2 heterocycles. The first-order chi connectivity index (χ1) is 23.1. The van der Waals surface area contributed by atoms with Crippen molar-refractivity contribution in [3.05, 3.63) is 157 Å². The van der Waals surface area contributed by atoms with Gasteiger partial charge in [-0.25, -0.2) is 0 Å². The van der Waals surface area contributed by atoms with Crippen molar-refractivity contribution in [1.29, 1.82) is 5.26 Å². The van der Waals surface area contributed by atoms with Crippen molar-refractivity contribution in [3.8, 4) is 50.6 Å². The maximum Gasteiger partial charge on any atom is 0.143 e. The predicted octanol–water partition coefficient (Wildman–Crippen LogP) is 12.3. The average Bonchev–Trinajstić information content (AvgIpc) is 3.70. The molecule has 0 saturated heterocycles. The lowest BCUT2D eigenvalue weighted by Gasteiger charge is -2.12. The summed E-state index contributed by atoms with van der Waals surface area (Å²) in [4.78, 5) is 0. The molecule has 0 spiro atoms. The van der Waals surface area contributed by atoms with E-state index in [1.165, 1.54) is 0 Å². The molecule has 0 atom stereocenters. The largest absolute Gasteiger partial charge is 0.455 e. The van der Waals surface area contributed by atoms with E-state index in [2.05, 4.69) is 110 Å². The highest BCUT2D eigenvalue weighted by Gasteiger charge is 2.15. The lowest BCUT2D eigenvalue weighted by atomic mass is 9.91. The van der Waals surface area contributed by atoms with E-state index in [0.717, 1.165) is 93.9 Å². The predicted molar refractivity (Wildman–Crippen MR) is 192 cm³/mol. The zero-order valence-corrected chi connectivity index (χ0v) is 25.6. The first kappa shape index (κ1) is 27.0. The molecule has 0 fully saturated rings.